The van der Waals surface area contributed by atoms with E-state index in [0.29, 0.717) is 16.5 Å². The summed E-state index contributed by atoms with van der Waals surface area (Å²) in [6.45, 7) is 0.205. The lowest BCUT2D eigenvalue weighted by atomic mass is 9.75. The zero-order valence-electron chi connectivity index (χ0n) is 10.2. The molecule has 0 amide bonds. The molecule has 1 fully saturated rings. The standard InChI is InChI=1S/C13H14F2N2OS/c14-10-4-2-1-3-8(10)13-7-18-5-11(15)9(13)6-19-12(16)17-13/h1-4,9,11H,5-7H2,(H2,16,17)/t9-,11-,13-/m1/s1. The molecule has 2 N–H and O–H groups in total. The van der Waals surface area contributed by atoms with Crippen molar-refractivity contribution in [3.63, 3.8) is 0 Å². The number of nitrogens with zero attached hydrogens (tertiary/aromatic N) is 1. The summed E-state index contributed by atoms with van der Waals surface area (Å²) in [5.74, 6) is -0.308. The molecule has 19 heavy (non-hydrogen) atoms. The monoisotopic (exact) mass is 284 g/mol. The zero-order valence-corrected chi connectivity index (χ0v) is 11.0. The van der Waals surface area contributed by atoms with Gasteiger partial charge in [-0.1, -0.05) is 30.0 Å². The van der Waals surface area contributed by atoms with Crippen LogP contribution < -0.4 is 5.73 Å². The minimum Gasteiger partial charge on any atom is -0.379 e. The van der Waals surface area contributed by atoms with E-state index in [1.54, 1.807) is 18.2 Å². The number of thioether (sulfide) groups is 1. The molecule has 0 saturated carbocycles. The molecule has 3 atom stereocenters. The first kappa shape index (κ1) is 12.9. The fraction of sp³-hybridized carbons (Fsp3) is 0.462. The van der Waals surface area contributed by atoms with Crippen molar-refractivity contribution in [2.24, 2.45) is 16.6 Å². The summed E-state index contributed by atoms with van der Waals surface area (Å²) in [4.78, 5) is 4.37. The topological polar surface area (TPSA) is 47.6 Å². The van der Waals surface area contributed by atoms with E-state index in [9.17, 15) is 8.78 Å². The van der Waals surface area contributed by atoms with Crippen molar-refractivity contribution in [1.29, 1.82) is 0 Å². The fourth-order valence-corrected chi connectivity index (χ4v) is 3.82. The highest BCUT2D eigenvalue weighted by molar-refractivity contribution is 8.13. The molecule has 1 aromatic carbocycles. The summed E-state index contributed by atoms with van der Waals surface area (Å²) >= 11 is 1.32. The lowest BCUT2D eigenvalue weighted by Crippen LogP contribution is -2.53. The van der Waals surface area contributed by atoms with Crippen molar-refractivity contribution in [3.8, 4) is 0 Å². The first-order valence-electron chi connectivity index (χ1n) is 6.08. The molecule has 1 saturated heterocycles. The third kappa shape index (κ3) is 2.03. The molecular formula is C13H14F2N2OS. The molecule has 3 rings (SSSR count). The minimum atomic E-state index is -1.15. The van der Waals surface area contributed by atoms with Crippen molar-refractivity contribution in [3.05, 3.63) is 35.6 Å². The first-order valence-corrected chi connectivity index (χ1v) is 7.07. The van der Waals surface area contributed by atoms with Crippen LogP contribution in [-0.4, -0.2) is 30.3 Å². The van der Waals surface area contributed by atoms with Gasteiger partial charge in [-0.3, -0.25) is 0 Å². The third-order valence-electron chi connectivity index (χ3n) is 3.71. The van der Waals surface area contributed by atoms with Gasteiger partial charge in [-0.2, -0.15) is 0 Å². The van der Waals surface area contributed by atoms with Crippen LogP contribution in [0.15, 0.2) is 29.3 Å². The number of benzene rings is 1. The van der Waals surface area contributed by atoms with E-state index < -0.39 is 23.4 Å². The van der Waals surface area contributed by atoms with E-state index in [-0.39, 0.29) is 13.2 Å². The van der Waals surface area contributed by atoms with E-state index in [4.69, 9.17) is 10.5 Å². The van der Waals surface area contributed by atoms with Crippen LogP contribution in [0.4, 0.5) is 8.78 Å². The molecule has 0 radical (unpaired) electrons. The van der Waals surface area contributed by atoms with Gasteiger partial charge in [-0.05, 0) is 6.07 Å². The molecule has 0 aromatic heterocycles. The number of halogens is 2. The second-order valence-electron chi connectivity index (χ2n) is 4.80. The van der Waals surface area contributed by atoms with E-state index in [1.165, 1.54) is 17.8 Å². The Hall–Kier alpha value is -1.14. The van der Waals surface area contributed by atoms with Crippen LogP contribution in [0.25, 0.3) is 0 Å². The summed E-state index contributed by atoms with van der Waals surface area (Å²) in [5.41, 5.74) is 5.11. The molecule has 102 valence electrons. The normalized spacial score (nSPS) is 34.5. The third-order valence-corrected chi connectivity index (χ3v) is 4.62. The van der Waals surface area contributed by atoms with Gasteiger partial charge in [0.15, 0.2) is 5.17 Å². The van der Waals surface area contributed by atoms with Crippen LogP contribution in [0.3, 0.4) is 0 Å². The van der Waals surface area contributed by atoms with Crippen LogP contribution in [0.1, 0.15) is 5.56 Å². The lowest BCUT2D eigenvalue weighted by Gasteiger charge is -2.45. The molecule has 0 bridgehead atoms. The predicted octanol–water partition coefficient (Wildman–Crippen LogP) is 2.07. The van der Waals surface area contributed by atoms with E-state index in [2.05, 4.69) is 4.99 Å². The van der Waals surface area contributed by atoms with Gasteiger partial charge in [0.05, 0.1) is 13.2 Å². The molecule has 3 nitrogen and oxygen atoms in total. The SMILES string of the molecule is NC1=N[C@@]2(c3ccccc3F)COC[C@@H](F)[C@H]2CS1. The number of amidine groups is 1. The lowest BCUT2D eigenvalue weighted by molar-refractivity contribution is -0.0526. The smallest absolute Gasteiger partial charge is 0.154 e. The maximum absolute atomic E-state index is 14.1. The second kappa shape index (κ2) is 4.76. The summed E-state index contributed by atoms with van der Waals surface area (Å²) in [6.07, 6.45) is -1.15. The second-order valence-corrected chi connectivity index (χ2v) is 5.84. The predicted molar refractivity (Wildman–Crippen MR) is 71.4 cm³/mol. The molecule has 0 spiro atoms. The van der Waals surface area contributed by atoms with Crippen molar-refractivity contribution in [2.45, 2.75) is 11.7 Å². The molecular weight excluding hydrogens is 270 g/mol. The zero-order chi connectivity index (χ0) is 13.5. The summed E-state index contributed by atoms with van der Waals surface area (Å²) < 4.78 is 33.5. The van der Waals surface area contributed by atoms with E-state index in [1.807, 2.05) is 0 Å². The highest BCUT2D eigenvalue weighted by Crippen LogP contribution is 2.45. The number of aliphatic imine (C=N–C) groups is 1. The van der Waals surface area contributed by atoms with Gasteiger partial charge in [0.25, 0.3) is 0 Å². The number of alkyl halides is 1. The molecule has 6 heteroatoms. The van der Waals surface area contributed by atoms with Crippen LogP contribution in [-0.2, 0) is 10.3 Å². The van der Waals surface area contributed by atoms with Crippen LogP contribution in [0.5, 0.6) is 0 Å². The summed E-state index contributed by atoms with van der Waals surface area (Å²) in [7, 11) is 0. The van der Waals surface area contributed by atoms with Crippen molar-refractivity contribution < 1.29 is 13.5 Å². The summed E-state index contributed by atoms with van der Waals surface area (Å²) in [6, 6.07) is 6.32. The minimum absolute atomic E-state index is 0.0385. The van der Waals surface area contributed by atoms with Gasteiger partial charge >= 0.3 is 0 Å². The van der Waals surface area contributed by atoms with Gasteiger partial charge in [0, 0.05) is 17.2 Å². The van der Waals surface area contributed by atoms with E-state index in [0.717, 1.165) is 0 Å². The number of ether oxygens (including phenoxy) is 1. The van der Waals surface area contributed by atoms with Gasteiger partial charge < -0.3 is 10.5 Å². The Morgan fingerprint density at radius 3 is 3.00 bits per heavy atom. The largest absolute Gasteiger partial charge is 0.379 e. The summed E-state index contributed by atoms with van der Waals surface area (Å²) in [5, 5.41) is 0.359. The number of rotatable bonds is 1. The Morgan fingerprint density at radius 1 is 1.42 bits per heavy atom. The highest BCUT2D eigenvalue weighted by Gasteiger charge is 2.51. The molecule has 0 unspecified atom stereocenters. The van der Waals surface area contributed by atoms with Gasteiger partial charge in [-0.15, -0.1) is 0 Å². The average Bonchev–Trinajstić information content (AvgIpc) is 2.39. The Morgan fingerprint density at radius 2 is 2.21 bits per heavy atom. The van der Waals surface area contributed by atoms with E-state index >= 15 is 0 Å². The maximum atomic E-state index is 14.1. The Labute approximate surface area is 114 Å². The molecule has 2 aliphatic heterocycles. The van der Waals surface area contributed by atoms with Crippen molar-refractivity contribution >= 4 is 16.9 Å². The van der Waals surface area contributed by atoms with Gasteiger partial charge in [0.2, 0.25) is 0 Å². The number of fused-ring (bicyclic) bond motifs is 1. The highest BCUT2D eigenvalue weighted by atomic mass is 32.2. The molecule has 1 aromatic rings. The van der Waals surface area contributed by atoms with Crippen LogP contribution in [0.2, 0.25) is 0 Å². The Kier molecular flexibility index (Phi) is 3.22. The Bertz CT molecular complexity index is 525. The first-order chi connectivity index (χ1) is 9.13. The fourth-order valence-electron chi connectivity index (χ4n) is 2.76. The average molecular weight is 284 g/mol. The maximum Gasteiger partial charge on any atom is 0.154 e. The van der Waals surface area contributed by atoms with Crippen molar-refractivity contribution in [2.75, 3.05) is 19.0 Å². The molecule has 2 heterocycles. The molecule has 0 aliphatic carbocycles. The van der Waals surface area contributed by atoms with Gasteiger partial charge in [0.1, 0.15) is 17.5 Å². The molecule has 2 aliphatic rings. The Balaban J connectivity index is 2.15. The van der Waals surface area contributed by atoms with Crippen molar-refractivity contribution in [1.82, 2.24) is 0 Å². The van der Waals surface area contributed by atoms with Crippen LogP contribution >= 0.6 is 11.8 Å². The number of hydrogen-bond donors (Lipinski definition) is 1. The number of nitrogens with two attached hydrogens (primary N) is 1. The van der Waals surface area contributed by atoms with Crippen LogP contribution in [0, 0.1) is 11.7 Å². The number of hydrogen-bond acceptors (Lipinski definition) is 4. The quantitative estimate of drug-likeness (QED) is 0.859. The van der Waals surface area contributed by atoms with Gasteiger partial charge in [-0.25, -0.2) is 13.8 Å².